The largest absolute Gasteiger partial charge is 0.480 e. The van der Waals surface area contributed by atoms with E-state index in [4.69, 9.17) is 16.1 Å². The minimum atomic E-state index is -1.10. The second kappa shape index (κ2) is 5.44. The molecule has 0 aliphatic heterocycles. The fraction of sp³-hybridized carbons (Fsp3) is 0.444. The van der Waals surface area contributed by atoms with E-state index in [0.29, 0.717) is 23.8 Å². The lowest BCUT2D eigenvalue weighted by Gasteiger charge is -2.12. The Morgan fingerprint density at radius 2 is 2.56 bits per heavy atom. The lowest BCUT2D eigenvalue weighted by molar-refractivity contribution is -0.138. The molecule has 0 saturated heterocycles. The maximum atomic E-state index is 10.6. The minimum Gasteiger partial charge on any atom is -0.480 e. The molecule has 1 unspecified atom stereocenters. The molecule has 0 aromatic carbocycles. The average molecular weight is 240 g/mol. The quantitative estimate of drug-likeness (QED) is 0.780. The fourth-order valence-corrected chi connectivity index (χ4v) is 1.89. The van der Waals surface area contributed by atoms with Crippen LogP contribution in [0.2, 0.25) is 0 Å². The first-order chi connectivity index (χ1) is 7.56. The summed E-state index contributed by atoms with van der Waals surface area (Å²) in [5.41, 5.74) is 5.77. The molecule has 1 heterocycles. The summed E-state index contributed by atoms with van der Waals surface area (Å²) in [5, 5.41) is 19.4. The number of nitrogens with zero attached hydrogens (tertiary/aromatic N) is 3. The molecule has 1 rings (SSSR count). The van der Waals surface area contributed by atoms with Gasteiger partial charge in [0.2, 0.25) is 0 Å². The van der Waals surface area contributed by atoms with Crippen molar-refractivity contribution in [3.63, 3.8) is 0 Å². The fourth-order valence-electron chi connectivity index (χ4n) is 1.03. The summed E-state index contributed by atoms with van der Waals surface area (Å²) in [5.74, 6) is -1.10. The molecular formula is C9H12N4O2S. The maximum Gasteiger partial charge on any atom is 0.326 e. The molecule has 0 aliphatic carbocycles. The van der Waals surface area contributed by atoms with E-state index in [1.165, 1.54) is 11.3 Å². The van der Waals surface area contributed by atoms with Gasteiger partial charge in [-0.25, -0.2) is 4.98 Å². The molecule has 0 aliphatic rings. The summed E-state index contributed by atoms with van der Waals surface area (Å²) in [4.78, 5) is 16.5. The van der Waals surface area contributed by atoms with Crippen molar-refractivity contribution in [3.8, 4) is 6.07 Å². The van der Waals surface area contributed by atoms with Crippen molar-refractivity contribution in [2.24, 2.45) is 5.73 Å². The van der Waals surface area contributed by atoms with E-state index in [-0.39, 0.29) is 0 Å². The zero-order valence-electron chi connectivity index (χ0n) is 8.75. The summed E-state index contributed by atoms with van der Waals surface area (Å²) in [6.07, 6.45) is 0.399. The molecule has 0 radical (unpaired) electrons. The number of rotatable bonds is 5. The molecule has 16 heavy (non-hydrogen) atoms. The van der Waals surface area contributed by atoms with Crippen LogP contribution in [0.5, 0.6) is 0 Å². The maximum absolute atomic E-state index is 10.6. The summed E-state index contributed by atoms with van der Waals surface area (Å²) >= 11 is 1.32. The Hall–Kier alpha value is -1.65. The number of hydrogen-bond donors (Lipinski definition) is 2. The molecule has 1 atom stereocenters. The zero-order chi connectivity index (χ0) is 12.1. The topological polar surface area (TPSA) is 103 Å². The molecule has 7 heteroatoms. The standard InChI is InChI=1S/C9H12N4O2S/c1-13(4-2-3-10)9-12-6(5-16-9)7(11)8(14)15/h5,7H,2,4,11H2,1H3,(H,14,15). The first kappa shape index (κ1) is 12.4. The number of anilines is 1. The number of aromatic nitrogens is 1. The van der Waals surface area contributed by atoms with Gasteiger partial charge in [0, 0.05) is 19.0 Å². The van der Waals surface area contributed by atoms with Crippen LogP contribution in [0.4, 0.5) is 5.13 Å². The minimum absolute atomic E-state index is 0.344. The first-order valence-electron chi connectivity index (χ1n) is 4.58. The van der Waals surface area contributed by atoms with Gasteiger partial charge in [-0.1, -0.05) is 0 Å². The van der Waals surface area contributed by atoms with Gasteiger partial charge in [-0.3, -0.25) is 4.79 Å². The van der Waals surface area contributed by atoms with E-state index in [2.05, 4.69) is 4.98 Å². The Morgan fingerprint density at radius 1 is 1.88 bits per heavy atom. The number of aliphatic carboxylic acids is 1. The van der Waals surface area contributed by atoms with E-state index in [1.807, 2.05) is 6.07 Å². The van der Waals surface area contributed by atoms with Crippen LogP contribution in [0, 0.1) is 11.3 Å². The molecule has 6 nitrogen and oxygen atoms in total. The molecule has 3 N–H and O–H groups in total. The SMILES string of the molecule is CN(CCC#N)c1nc(C(N)C(=O)O)cs1. The van der Waals surface area contributed by atoms with Crippen LogP contribution in [0.3, 0.4) is 0 Å². The highest BCUT2D eigenvalue weighted by molar-refractivity contribution is 7.13. The lowest BCUT2D eigenvalue weighted by atomic mass is 10.2. The summed E-state index contributed by atoms with van der Waals surface area (Å²) in [6.45, 7) is 0.561. The highest BCUT2D eigenvalue weighted by atomic mass is 32.1. The van der Waals surface area contributed by atoms with Crippen LogP contribution < -0.4 is 10.6 Å². The molecular weight excluding hydrogens is 228 g/mol. The molecule has 0 fully saturated rings. The zero-order valence-corrected chi connectivity index (χ0v) is 9.57. The van der Waals surface area contributed by atoms with Crippen molar-refractivity contribution >= 4 is 22.4 Å². The van der Waals surface area contributed by atoms with Gasteiger partial charge in [0.25, 0.3) is 0 Å². The average Bonchev–Trinajstić information content (AvgIpc) is 2.73. The number of nitriles is 1. The van der Waals surface area contributed by atoms with Crippen molar-refractivity contribution in [2.45, 2.75) is 12.5 Å². The second-order valence-electron chi connectivity index (χ2n) is 3.20. The first-order valence-corrected chi connectivity index (χ1v) is 5.46. The summed E-state index contributed by atoms with van der Waals surface area (Å²) < 4.78 is 0. The third-order valence-electron chi connectivity index (χ3n) is 1.98. The van der Waals surface area contributed by atoms with Gasteiger partial charge in [-0.15, -0.1) is 11.3 Å². The highest BCUT2D eigenvalue weighted by Gasteiger charge is 2.18. The number of carbonyl (C=O) groups is 1. The van der Waals surface area contributed by atoms with E-state index in [1.54, 1.807) is 17.3 Å². The van der Waals surface area contributed by atoms with Crippen molar-refractivity contribution in [3.05, 3.63) is 11.1 Å². The normalized spacial score (nSPS) is 11.8. The van der Waals surface area contributed by atoms with Gasteiger partial charge in [0.15, 0.2) is 5.13 Å². The molecule has 0 spiro atoms. The smallest absolute Gasteiger partial charge is 0.326 e. The van der Waals surface area contributed by atoms with Crippen molar-refractivity contribution in [1.29, 1.82) is 5.26 Å². The third-order valence-corrected chi connectivity index (χ3v) is 2.95. The van der Waals surface area contributed by atoms with Gasteiger partial charge in [-0.2, -0.15) is 5.26 Å². The number of carboxylic acid groups (broad SMARTS) is 1. The molecule has 0 saturated carbocycles. The highest BCUT2D eigenvalue weighted by Crippen LogP contribution is 2.22. The van der Waals surface area contributed by atoms with Crippen LogP contribution in [0.25, 0.3) is 0 Å². The van der Waals surface area contributed by atoms with E-state index in [0.717, 1.165) is 0 Å². The van der Waals surface area contributed by atoms with Gasteiger partial charge in [0.1, 0.15) is 6.04 Å². The third kappa shape index (κ3) is 2.92. The van der Waals surface area contributed by atoms with E-state index >= 15 is 0 Å². The Morgan fingerprint density at radius 3 is 3.12 bits per heavy atom. The van der Waals surface area contributed by atoms with Crippen molar-refractivity contribution in [2.75, 3.05) is 18.5 Å². The van der Waals surface area contributed by atoms with Crippen molar-refractivity contribution in [1.82, 2.24) is 4.98 Å². The van der Waals surface area contributed by atoms with Crippen LogP contribution in [-0.4, -0.2) is 29.7 Å². The molecule has 86 valence electrons. The van der Waals surface area contributed by atoms with Crippen LogP contribution in [0.1, 0.15) is 18.2 Å². The molecule has 1 aromatic rings. The predicted octanol–water partition coefficient (Wildman–Crippen LogP) is 0.577. The summed E-state index contributed by atoms with van der Waals surface area (Å²) in [6, 6.07) is 0.944. The molecule has 0 amide bonds. The number of nitrogens with two attached hydrogens (primary N) is 1. The predicted molar refractivity (Wildman–Crippen MR) is 60.2 cm³/mol. The van der Waals surface area contributed by atoms with Crippen LogP contribution in [0.15, 0.2) is 5.38 Å². The number of hydrogen-bond acceptors (Lipinski definition) is 6. The number of thiazole rings is 1. The van der Waals surface area contributed by atoms with E-state index < -0.39 is 12.0 Å². The molecule has 1 aromatic heterocycles. The van der Waals surface area contributed by atoms with Crippen LogP contribution in [-0.2, 0) is 4.79 Å². The van der Waals surface area contributed by atoms with Crippen LogP contribution >= 0.6 is 11.3 Å². The Labute approximate surface area is 96.9 Å². The van der Waals surface area contributed by atoms with Gasteiger partial charge >= 0.3 is 5.97 Å². The Bertz CT molecular complexity index is 412. The monoisotopic (exact) mass is 240 g/mol. The summed E-state index contributed by atoms with van der Waals surface area (Å²) in [7, 11) is 1.80. The van der Waals surface area contributed by atoms with Crippen molar-refractivity contribution < 1.29 is 9.90 Å². The Kier molecular flexibility index (Phi) is 4.22. The van der Waals surface area contributed by atoms with E-state index in [9.17, 15) is 4.79 Å². The lowest BCUT2D eigenvalue weighted by Crippen LogP contribution is -2.22. The second-order valence-corrected chi connectivity index (χ2v) is 4.04. The van der Waals surface area contributed by atoms with Gasteiger partial charge < -0.3 is 15.7 Å². The Balaban J connectivity index is 2.71. The van der Waals surface area contributed by atoms with Gasteiger partial charge in [-0.05, 0) is 0 Å². The number of carboxylic acids is 1. The van der Waals surface area contributed by atoms with Gasteiger partial charge in [0.05, 0.1) is 18.2 Å². The molecule has 0 bridgehead atoms.